The van der Waals surface area contributed by atoms with Crippen molar-refractivity contribution in [3.05, 3.63) is 21.9 Å². The zero-order chi connectivity index (χ0) is 8.43. The summed E-state index contributed by atoms with van der Waals surface area (Å²) >= 11 is 7.79. The van der Waals surface area contributed by atoms with Crippen LogP contribution in [0.5, 0.6) is 0 Å². The molecular weight excluding hydrogens is 176 g/mol. The fourth-order valence-electron chi connectivity index (χ4n) is 1.11. The molecule has 1 aromatic rings. The average Bonchev–Trinajstić information content (AvgIpc) is 2.33. The molecule has 2 atom stereocenters. The predicted octanol–water partition coefficient (Wildman–Crippen LogP) is 3.79. The topological polar surface area (TPSA) is 0 Å². The van der Waals surface area contributed by atoms with Gasteiger partial charge < -0.3 is 0 Å². The van der Waals surface area contributed by atoms with Crippen LogP contribution >= 0.6 is 22.9 Å². The highest BCUT2D eigenvalue weighted by atomic mass is 35.5. The van der Waals surface area contributed by atoms with E-state index in [-0.39, 0.29) is 5.38 Å². The van der Waals surface area contributed by atoms with E-state index in [0.717, 1.165) is 0 Å². The minimum absolute atomic E-state index is 0.225. The van der Waals surface area contributed by atoms with Gasteiger partial charge in [-0.25, -0.2) is 0 Å². The molecule has 62 valence electrons. The monoisotopic (exact) mass is 188 g/mol. The fraction of sp³-hybridized carbons (Fsp3) is 0.556. The van der Waals surface area contributed by atoms with E-state index >= 15 is 0 Å². The first-order valence-electron chi connectivity index (χ1n) is 3.81. The first-order chi connectivity index (χ1) is 5.13. The van der Waals surface area contributed by atoms with Gasteiger partial charge >= 0.3 is 0 Å². The number of alkyl halides is 1. The third-order valence-corrected chi connectivity index (χ3v) is 3.32. The molecule has 0 saturated carbocycles. The Labute approximate surface area is 77.2 Å². The summed E-state index contributed by atoms with van der Waals surface area (Å²) in [6.45, 7) is 6.37. The predicted molar refractivity (Wildman–Crippen MR) is 52.8 cm³/mol. The summed E-state index contributed by atoms with van der Waals surface area (Å²) in [5.74, 6) is 0.475. The van der Waals surface area contributed by atoms with Crippen molar-refractivity contribution >= 4 is 22.9 Å². The molecule has 0 N–H and O–H groups in total. The molecule has 0 radical (unpaired) electrons. The van der Waals surface area contributed by atoms with E-state index in [1.54, 1.807) is 11.3 Å². The first kappa shape index (κ1) is 9.08. The number of halogens is 1. The minimum atomic E-state index is 0.225. The smallest absolute Gasteiger partial charge is 0.0374 e. The van der Waals surface area contributed by atoms with E-state index in [2.05, 4.69) is 25.3 Å². The molecular formula is C9H13ClS. The highest BCUT2D eigenvalue weighted by molar-refractivity contribution is 7.10. The van der Waals surface area contributed by atoms with Crippen molar-refractivity contribution in [1.29, 1.82) is 0 Å². The first-order valence-corrected chi connectivity index (χ1v) is 5.12. The van der Waals surface area contributed by atoms with Gasteiger partial charge in [0.1, 0.15) is 0 Å². The lowest BCUT2D eigenvalue weighted by Crippen LogP contribution is -2.04. The van der Waals surface area contributed by atoms with Gasteiger partial charge in [-0.05, 0) is 36.8 Å². The summed E-state index contributed by atoms with van der Waals surface area (Å²) in [4.78, 5) is 1.39. The van der Waals surface area contributed by atoms with Gasteiger partial charge in [0.15, 0.2) is 0 Å². The molecule has 2 unspecified atom stereocenters. The van der Waals surface area contributed by atoms with E-state index in [1.165, 1.54) is 10.4 Å². The zero-order valence-corrected chi connectivity index (χ0v) is 8.67. The van der Waals surface area contributed by atoms with Crippen LogP contribution in [0.2, 0.25) is 0 Å². The third kappa shape index (κ3) is 1.97. The highest BCUT2D eigenvalue weighted by Crippen LogP contribution is 2.28. The summed E-state index contributed by atoms with van der Waals surface area (Å²) in [7, 11) is 0. The average molecular weight is 189 g/mol. The lowest BCUT2D eigenvalue weighted by Gasteiger charge is -2.12. The van der Waals surface area contributed by atoms with Crippen LogP contribution in [0.4, 0.5) is 0 Å². The normalized spacial score (nSPS) is 16.4. The molecule has 0 saturated heterocycles. The summed E-state index contributed by atoms with van der Waals surface area (Å²) in [6, 6.07) is 2.17. The van der Waals surface area contributed by atoms with Crippen LogP contribution in [0.25, 0.3) is 0 Å². The maximum atomic E-state index is 6.00. The van der Waals surface area contributed by atoms with Gasteiger partial charge in [0, 0.05) is 10.3 Å². The minimum Gasteiger partial charge on any atom is -0.149 e. The Morgan fingerprint density at radius 2 is 2.09 bits per heavy atom. The molecule has 0 aliphatic carbocycles. The summed E-state index contributed by atoms with van der Waals surface area (Å²) in [5, 5.41) is 2.35. The number of thiophene rings is 1. The van der Waals surface area contributed by atoms with Crippen molar-refractivity contribution in [2.24, 2.45) is 0 Å². The Kier molecular flexibility index (Phi) is 2.97. The summed E-state index contributed by atoms with van der Waals surface area (Å²) < 4.78 is 0. The molecule has 0 aliphatic heterocycles. The molecule has 1 rings (SSSR count). The van der Waals surface area contributed by atoms with E-state index in [4.69, 9.17) is 11.6 Å². The van der Waals surface area contributed by atoms with Crippen molar-refractivity contribution < 1.29 is 0 Å². The SMILES string of the molecule is Cc1sccc1C(C)C(C)Cl. The second-order valence-corrected chi connectivity index (χ2v) is 4.71. The van der Waals surface area contributed by atoms with Crippen LogP contribution in [0, 0.1) is 6.92 Å². The van der Waals surface area contributed by atoms with Gasteiger partial charge in [-0.3, -0.25) is 0 Å². The van der Waals surface area contributed by atoms with Gasteiger partial charge in [0.05, 0.1) is 0 Å². The van der Waals surface area contributed by atoms with E-state index < -0.39 is 0 Å². The largest absolute Gasteiger partial charge is 0.149 e. The fourth-order valence-corrected chi connectivity index (χ4v) is 2.06. The van der Waals surface area contributed by atoms with E-state index in [9.17, 15) is 0 Å². The van der Waals surface area contributed by atoms with Crippen molar-refractivity contribution in [3.63, 3.8) is 0 Å². The molecule has 2 heteroatoms. The van der Waals surface area contributed by atoms with Crippen LogP contribution in [-0.4, -0.2) is 5.38 Å². The van der Waals surface area contributed by atoms with Crippen molar-refractivity contribution in [2.75, 3.05) is 0 Å². The molecule has 0 spiro atoms. The van der Waals surface area contributed by atoms with Crippen LogP contribution in [-0.2, 0) is 0 Å². The number of hydrogen-bond donors (Lipinski definition) is 0. The van der Waals surface area contributed by atoms with Gasteiger partial charge in [0.2, 0.25) is 0 Å². The standard InChI is InChI=1S/C9H13ClS/c1-6(7(2)10)9-4-5-11-8(9)3/h4-7H,1-3H3. The van der Waals surface area contributed by atoms with Crippen molar-refractivity contribution in [3.8, 4) is 0 Å². The number of aryl methyl sites for hydroxylation is 1. The second-order valence-electron chi connectivity index (χ2n) is 2.90. The molecule has 0 amide bonds. The Morgan fingerprint density at radius 3 is 2.45 bits per heavy atom. The lowest BCUT2D eigenvalue weighted by atomic mass is 9.99. The maximum absolute atomic E-state index is 6.00. The Hall–Kier alpha value is -0.0100. The molecule has 1 heterocycles. The highest BCUT2D eigenvalue weighted by Gasteiger charge is 2.13. The molecule has 11 heavy (non-hydrogen) atoms. The Bertz CT molecular complexity index is 227. The molecule has 0 nitrogen and oxygen atoms in total. The van der Waals surface area contributed by atoms with Gasteiger partial charge in [0.25, 0.3) is 0 Å². The van der Waals surface area contributed by atoms with Crippen LogP contribution in [0.1, 0.15) is 30.2 Å². The molecule has 0 aromatic carbocycles. The summed E-state index contributed by atoms with van der Waals surface area (Å²) in [5.41, 5.74) is 1.40. The molecule has 0 bridgehead atoms. The summed E-state index contributed by atoms with van der Waals surface area (Å²) in [6.07, 6.45) is 0. The number of rotatable bonds is 2. The Morgan fingerprint density at radius 1 is 1.45 bits per heavy atom. The third-order valence-electron chi connectivity index (χ3n) is 2.08. The van der Waals surface area contributed by atoms with Gasteiger partial charge in [-0.15, -0.1) is 22.9 Å². The van der Waals surface area contributed by atoms with Crippen molar-refractivity contribution in [2.45, 2.75) is 32.1 Å². The van der Waals surface area contributed by atoms with Crippen LogP contribution < -0.4 is 0 Å². The van der Waals surface area contributed by atoms with Gasteiger partial charge in [-0.1, -0.05) is 6.92 Å². The quantitative estimate of drug-likeness (QED) is 0.620. The zero-order valence-electron chi connectivity index (χ0n) is 7.10. The molecule has 1 aromatic heterocycles. The Balaban J connectivity index is 2.84. The number of hydrogen-bond acceptors (Lipinski definition) is 1. The van der Waals surface area contributed by atoms with Crippen LogP contribution in [0.3, 0.4) is 0 Å². The molecule has 0 fully saturated rings. The maximum Gasteiger partial charge on any atom is 0.0374 e. The molecule has 0 aliphatic rings. The van der Waals surface area contributed by atoms with Crippen LogP contribution in [0.15, 0.2) is 11.4 Å². The van der Waals surface area contributed by atoms with Gasteiger partial charge in [-0.2, -0.15) is 0 Å². The van der Waals surface area contributed by atoms with Crippen molar-refractivity contribution in [1.82, 2.24) is 0 Å². The second kappa shape index (κ2) is 3.59. The lowest BCUT2D eigenvalue weighted by molar-refractivity contribution is 0.741. The van der Waals surface area contributed by atoms with E-state index in [1.807, 2.05) is 6.92 Å². The van der Waals surface area contributed by atoms with E-state index in [0.29, 0.717) is 5.92 Å².